The molecule has 0 spiro atoms. The first-order chi connectivity index (χ1) is 9.46. The van der Waals surface area contributed by atoms with Crippen molar-refractivity contribution in [2.24, 2.45) is 0 Å². The van der Waals surface area contributed by atoms with Crippen molar-refractivity contribution >= 4 is 10.0 Å². The van der Waals surface area contributed by atoms with Gasteiger partial charge in [0.15, 0.2) is 0 Å². The van der Waals surface area contributed by atoms with E-state index in [-0.39, 0.29) is 11.4 Å². The molecule has 112 valence electrons. The molecule has 1 aromatic rings. The number of ether oxygens (including phenoxy) is 2. The van der Waals surface area contributed by atoms with Crippen LogP contribution in [0.2, 0.25) is 0 Å². The Labute approximate surface area is 120 Å². The van der Waals surface area contributed by atoms with Gasteiger partial charge in [-0.2, -0.15) is 0 Å². The average Bonchev–Trinajstić information content (AvgIpc) is 2.40. The second-order valence-electron chi connectivity index (χ2n) is 4.07. The highest BCUT2D eigenvalue weighted by Crippen LogP contribution is 2.31. The van der Waals surface area contributed by atoms with Crippen LogP contribution >= 0.6 is 0 Å². The van der Waals surface area contributed by atoms with Gasteiger partial charge in [-0.25, -0.2) is 13.1 Å². The summed E-state index contributed by atoms with van der Waals surface area (Å²) in [6, 6.07) is 3.17. The molecule has 0 bridgehead atoms. The number of aryl methyl sites for hydroxylation is 1. The van der Waals surface area contributed by atoms with E-state index in [1.165, 1.54) is 12.1 Å². The molecule has 0 aliphatic carbocycles. The van der Waals surface area contributed by atoms with Crippen molar-refractivity contribution in [2.75, 3.05) is 19.8 Å². The van der Waals surface area contributed by atoms with Crippen molar-refractivity contribution in [2.45, 2.75) is 25.7 Å². The molecule has 0 aromatic heterocycles. The molecule has 0 heterocycles. The molecule has 0 fully saturated rings. The largest absolute Gasteiger partial charge is 0.494 e. The van der Waals surface area contributed by atoms with Crippen LogP contribution < -0.4 is 14.2 Å². The van der Waals surface area contributed by atoms with Crippen molar-refractivity contribution in [3.8, 4) is 11.5 Å². The molecular weight excluding hydrogens is 278 g/mol. The van der Waals surface area contributed by atoms with Gasteiger partial charge in [0.05, 0.1) is 13.2 Å². The first-order valence-electron chi connectivity index (χ1n) is 6.47. The zero-order chi connectivity index (χ0) is 15.2. The number of nitrogens with one attached hydrogen (secondary N) is 1. The van der Waals surface area contributed by atoms with Gasteiger partial charge in [-0.05, 0) is 32.4 Å². The molecule has 0 saturated carbocycles. The summed E-state index contributed by atoms with van der Waals surface area (Å²) in [5.74, 6) is 0.861. The van der Waals surface area contributed by atoms with Crippen LogP contribution in [0, 0.1) is 6.92 Å². The number of rotatable bonds is 8. The van der Waals surface area contributed by atoms with Crippen molar-refractivity contribution in [1.29, 1.82) is 0 Å². The van der Waals surface area contributed by atoms with Crippen molar-refractivity contribution < 1.29 is 17.9 Å². The Bertz CT molecular complexity index is 567. The Kier molecular flexibility index (Phi) is 6.04. The van der Waals surface area contributed by atoms with Crippen molar-refractivity contribution in [3.63, 3.8) is 0 Å². The number of hydrogen-bond acceptors (Lipinski definition) is 4. The van der Waals surface area contributed by atoms with Gasteiger partial charge in [0, 0.05) is 12.6 Å². The minimum atomic E-state index is -3.66. The van der Waals surface area contributed by atoms with E-state index in [0.29, 0.717) is 24.7 Å². The third-order valence-electron chi connectivity index (χ3n) is 2.55. The lowest BCUT2D eigenvalue weighted by Gasteiger charge is -2.15. The van der Waals surface area contributed by atoms with E-state index in [2.05, 4.69) is 11.3 Å². The first-order valence-corrected chi connectivity index (χ1v) is 7.95. The smallest absolute Gasteiger partial charge is 0.244 e. The molecule has 0 unspecified atom stereocenters. The molecule has 0 atom stereocenters. The van der Waals surface area contributed by atoms with Gasteiger partial charge in [0.2, 0.25) is 10.0 Å². The molecule has 1 aromatic carbocycles. The second-order valence-corrected chi connectivity index (χ2v) is 5.81. The lowest BCUT2D eigenvalue weighted by molar-refractivity contribution is 0.320. The van der Waals surface area contributed by atoms with Crippen LogP contribution in [0.5, 0.6) is 11.5 Å². The fourth-order valence-corrected chi connectivity index (χ4v) is 2.82. The van der Waals surface area contributed by atoms with Gasteiger partial charge in [-0.3, -0.25) is 0 Å². The van der Waals surface area contributed by atoms with Gasteiger partial charge in [0.25, 0.3) is 0 Å². The third kappa shape index (κ3) is 3.98. The lowest BCUT2D eigenvalue weighted by Crippen LogP contribution is -2.24. The molecule has 5 nitrogen and oxygen atoms in total. The minimum Gasteiger partial charge on any atom is -0.494 e. The molecule has 6 heteroatoms. The number of benzene rings is 1. The fourth-order valence-electron chi connectivity index (χ4n) is 1.68. The highest BCUT2D eigenvalue weighted by molar-refractivity contribution is 7.89. The summed E-state index contributed by atoms with van der Waals surface area (Å²) >= 11 is 0. The van der Waals surface area contributed by atoms with Crippen LogP contribution in [0.1, 0.15) is 19.4 Å². The topological polar surface area (TPSA) is 64.6 Å². The lowest BCUT2D eigenvalue weighted by atomic mass is 10.2. The normalized spacial score (nSPS) is 11.2. The van der Waals surface area contributed by atoms with E-state index in [0.717, 1.165) is 5.56 Å². The maximum Gasteiger partial charge on any atom is 0.244 e. The van der Waals surface area contributed by atoms with Gasteiger partial charge in [-0.15, -0.1) is 6.58 Å². The van der Waals surface area contributed by atoms with Crippen molar-refractivity contribution in [3.05, 3.63) is 30.4 Å². The monoisotopic (exact) mass is 299 g/mol. The van der Waals surface area contributed by atoms with Crippen LogP contribution in [0.3, 0.4) is 0 Å². The number of sulfonamides is 1. The standard InChI is InChI=1S/C14H21NO4S/c1-5-8-15-20(16,17)14-10-12(18-6-2)11(4)9-13(14)19-7-3/h5,9-10,15H,1,6-8H2,2-4H3. The average molecular weight is 299 g/mol. The highest BCUT2D eigenvalue weighted by atomic mass is 32.2. The van der Waals surface area contributed by atoms with E-state index in [1.54, 1.807) is 13.0 Å². The van der Waals surface area contributed by atoms with Crippen LogP contribution in [-0.2, 0) is 10.0 Å². The summed E-state index contributed by atoms with van der Waals surface area (Å²) in [7, 11) is -3.66. The molecule has 0 aliphatic rings. The maximum atomic E-state index is 12.3. The molecule has 1 N–H and O–H groups in total. The van der Waals surface area contributed by atoms with Gasteiger partial charge >= 0.3 is 0 Å². The van der Waals surface area contributed by atoms with Gasteiger partial charge < -0.3 is 9.47 Å². The molecule has 0 amide bonds. The van der Waals surface area contributed by atoms with Crippen LogP contribution in [0.4, 0.5) is 0 Å². The molecule has 20 heavy (non-hydrogen) atoms. The highest BCUT2D eigenvalue weighted by Gasteiger charge is 2.21. The maximum absolute atomic E-state index is 12.3. The Hall–Kier alpha value is -1.53. The Morgan fingerprint density at radius 3 is 2.35 bits per heavy atom. The van der Waals surface area contributed by atoms with Crippen LogP contribution in [-0.4, -0.2) is 28.2 Å². The van der Waals surface area contributed by atoms with E-state index < -0.39 is 10.0 Å². The van der Waals surface area contributed by atoms with Crippen LogP contribution in [0.25, 0.3) is 0 Å². The Morgan fingerprint density at radius 2 is 1.80 bits per heavy atom. The minimum absolute atomic E-state index is 0.0789. The van der Waals surface area contributed by atoms with E-state index in [4.69, 9.17) is 9.47 Å². The second kappa shape index (κ2) is 7.31. The molecular formula is C14H21NO4S. The van der Waals surface area contributed by atoms with Crippen LogP contribution in [0.15, 0.2) is 29.7 Å². The summed E-state index contributed by atoms with van der Waals surface area (Å²) in [5, 5.41) is 0. The zero-order valence-corrected chi connectivity index (χ0v) is 12.9. The third-order valence-corrected chi connectivity index (χ3v) is 3.99. The summed E-state index contributed by atoms with van der Waals surface area (Å²) in [6.07, 6.45) is 1.48. The Balaban J connectivity index is 3.32. The van der Waals surface area contributed by atoms with E-state index >= 15 is 0 Å². The van der Waals surface area contributed by atoms with Gasteiger partial charge in [0.1, 0.15) is 16.4 Å². The summed E-state index contributed by atoms with van der Waals surface area (Å²) in [4.78, 5) is 0.0789. The molecule has 1 rings (SSSR count). The van der Waals surface area contributed by atoms with E-state index in [9.17, 15) is 8.42 Å². The van der Waals surface area contributed by atoms with Crippen molar-refractivity contribution in [1.82, 2.24) is 4.72 Å². The predicted molar refractivity (Wildman–Crippen MR) is 78.9 cm³/mol. The predicted octanol–water partition coefficient (Wildman–Crippen LogP) is 2.26. The number of hydrogen-bond donors (Lipinski definition) is 1. The molecule has 0 radical (unpaired) electrons. The summed E-state index contributed by atoms with van der Waals surface area (Å²) in [5.41, 5.74) is 0.831. The quantitative estimate of drug-likeness (QED) is 0.748. The zero-order valence-electron chi connectivity index (χ0n) is 12.1. The molecule has 0 aliphatic heterocycles. The summed E-state index contributed by atoms with van der Waals surface area (Å²) in [6.45, 7) is 10.0. The van der Waals surface area contributed by atoms with E-state index in [1.807, 2.05) is 13.8 Å². The SMILES string of the molecule is C=CCNS(=O)(=O)c1cc(OCC)c(C)cc1OCC. The Morgan fingerprint density at radius 1 is 1.20 bits per heavy atom. The fraction of sp³-hybridized carbons (Fsp3) is 0.429. The van der Waals surface area contributed by atoms with Gasteiger partial charge in [-0.1, -0.05) is 6.08 Å². The summed E-state index contributed by atoms with van der Waals surface area (Å²) < 4.78 is 37.8. The first kappa shape index (κ1) is 16.5. The molecule has 0 saturated heterocycles.